The maximum absolute atomic E-state index is 13.3. The molecule has 0 unspecified atom stereocenters. The number of halogens is 1. The molecule has 2 fully saturated rings. The quantitative estimate of drug-likeness (QED) is 0.831. The van der Waals surface area contributed by atoms with Gasteiger partial charge in [-0.15, -0.1) is 0 Å². The van der Waals surface area contributed by atoms with Crippen molar-refractivity contribution in [3.63, 3.8) is 0 Å². The normalized spacial score (nSPS) is 30.8. The second-order valence-corrected chi connectivity index (χ2v) is 7.33. The molecule has 0 spiro atoms. The van der Waals surface area contributed by atoms with Gasteiger partial charge in [0, 0.05) is 32.5 Å². The topological polar surface area (TPSA) is 68.3 Å². The Morgan fingerprint density at radius 3 is 2.30 bits per heavy atom. The number of quaternary nitrogens is 1. The van der Waals surface area contributed by atoms with Crippen LogP contribution in [0, 0.1) is 11.8 Å². The number of hydrogen-bond acceptors (Lipinski definition) is 2. The first-order valence-corrected chi connectivity index (χ1v) is 8.80. The lowest BCUT2D eigenvalue weighted by Gasteiger charge is -2.37. The van der Waals surface area contributed by atoms with Crippen LogP contribution in [0.5, 0.6) is 0 Å². The largest absolute Gasteiger partial charge is 0.347 e. The zero-order valence-electron chi connectivity index (χ0n) is 14.6. The van der Waals surface area contributed by atoms with E-state index in [2.05, 4.69) is 12.7 Å². The van der Waals surface area contributed by atoms with Gasteiger partial charge in [-0.3, -0.25) is 9.59 Å². The summed E-state index contributed by atoms with van der Waals surface area (Å²) in [5, 5.41) is 0. The Kier molecular flexibility index (Phi) is 6.00. The number of nitrogens with zero attached hydrogens (tertiary/aromatic N) is 2. The highest BCUT2D eigenvalue weighted by atomic mass is 19.1. The van der Waals surface area contributed by atoms with Crippen molar-refractivity contribution in [1.29, 1.82) is 0 Å². The summed E-state index contributed by atoms with van der Waals surface area (Å²) in [7, 11) is 1.87. The van der Waals surface area contributed by atoms with E-state index in [1.165, 1.54) is 0 Å². The molecule has 1 heterocycles. The highest BCUT2D eigenvalue weighted by Gasteiger charge is 2.38. The van der Waals surface area contributed by atoms with Gasteiger partial charge in [-0.1, -0.05) is 6.92 Å². The molecular weight excluding hydrogens is 297 g/mol. The van der Waals surface area contributed by atoms with Crippen LogP contribution in [0.15, 0.2) is 0 Å². The maximum Gasteiger partial charge on any atom is 0.281 e. The van der Waals surface area contributed by atoms with E-state index in [4.69, 9.17) is 0 Å². The van der Waals surface area contributed by atoms with Crippen LogP contribution in [0.4, 0.5) is 4.39 Å². The minimum atomic E-state index is -0.876. The predicted molar refractivity (Wildman–Crippen MR) is 86.1 cm³/mol. The second-order valence-electron chi connectivity index (χ2n) is 7.33. The second kappa shape index (κ2) is 7.60. The fourth-order valence-electron chi connectivity index (χ4n) is 3.98. The minimum Gasteiger partial charge on any atom is -0.347 e. The number of alkyl halides is 1. The first kappa shape index (κ1) is 18.2. The van der Waals surface area contributed by atoms with Gasteiger partial charge < -0.3 is 15.5 Å². The monoisotopic (exact) mass is 328 g/mol. The molecule has 1 saturated heterocycles. The van der Waals surface area contributed by atoms with Crippen molar-refractivity contribution in [1.82, 2.24) is 9.80 Å². The zero-order valence-corrected chi connectivity index (χ0v) is 14.6. The van der Waals surface area contributed by atoms with Crippen LogP contribution in [0.1, 0.15) is 46.0 Å². The van der Waals surface area contributed by atoms with Gasteiger partial charge in [0.05, 0.1) is 6.54 Å². The molecule has 0 aromatic heterocycles. The van der Waals surface area contributed by atoms with E-state index >= 15 is 0 Å². The van der Waals surface area contributed by atoms with Crippen molar-refractivity contribution in [3.8, 4) is 0 Å². The molecular formula is C17H31FN3O2+. The van der Waals surface area contributed by atoms with Gasteiger partial charge >= 0.3 is 0 Å². The molecule has 3 atom stereocenters. The van der Waals surface area contributed by atoms with Gasteiger partial charge in [0.15, 0.2) is 6.04 Å². The standard InChI is InChI=1S/C17H30FN3O2/c1-11(16(19)17(23)21-9-8-14(18)10-21)13-4-6-15(7-5-13)20(3)12(2)22/h11,13-16H,4-10,19H2,1-3H3/p+1/t11-,13?,14-,15?,16-/m0/s1. The molecule has 0 radical (unpaired) electrons. The summed E-state index contributed by atoms with van der Waals surface area (Å²) in [6.07, 6.45) is 3.60. The third kappa shape index (κ3) is 4.22. The van der Waals surface area contributed by atoms with Crippen LogP contribution in [-0.2, 0) is 9.59 Å². The molecule has 23 heavy (non-hydrogen) atoms. The first-order valence-electron chi connectivity index (χ1n) is 8.80. The van der Waals surface area contributed by atoms with Crippen molar-refractivity contribution in [2.45, 2.75) is 64.2 Å². The van der Waals surface area contributed by atoms with Gasteiger partial charge in [0.2, 0.25) is 5.91 Å². The fourth-order valence-corrected chi connectivity index (χ4v) is 3.98. The minimum absolute atomic E-state index is 0.000581. The first-order chi connectivity index (χ1) is 10.8. The smallest absolute Gasteiger partial charge is 0.281 e. The number of hydrogen-bond donors (Lipinski definition) is 1. The number of carbonyl (C=O) groups is 2. The lowest BCUT2D eigenvalue weighted by atomic mass is 9.75. The Bertz CT molecular complexity index is 438. The Labute approximate surface area is 138 Å². The molecule has 2 aliphatic rings. The third-order valence-corrected chi connectivity index (χ3v) is 5.92. The Balaban J connectivity index is 1.85. The van der Waals surface area contributed by atoms with E-state index in [0.717, 1.165) is 25.7 Å². The highest BCUT2D eigenvalue weighted by molar-refractivity contribution is 5.81. The molecule has 6 heteroatoms. The SMILES string of the molecule is CC(=O)N(C)C1CCC([C@H](C)[C@H]([NH3+])C(=O)N2CC[C@H](F)C2)CC1. The van der Waals surface area contributed by atoms with Gasteiger partial charge in [0.25, 0.3) is 5.91 Å². The molecule has 1 saturated carbocycles. The summed E-state index contributed by atoms with van der Waals surface area (Å²) >= 11 is 0. The molecule has 132 valence electrons. The number of carbonyl (C=O) groups excluding carboxylic acids is 2. The van der Waals surface area contributed by atoms with Crippen molar-refractivity contribution >= 4 is 11.8 Å². The molecule has 0 aromatic carbocycles. The fraction of sp³-hybridized carbons (Fsp3) is 0.882. The van der Waals surface area contributed by atoms with Crippen LogP contribution < -0.4 is 5.73 Å². The summed E-state index contributed by atoms with van der Waals surface area (Å²) in [4.78, 5) is 27.4. The van der Waals surface area contributed by atoms with Crippen LogP contribution >= 0.6 is 0 Å². The van der Waals surface area contributed by atoms with E-state index in [-0.39, 0.29) is 30.3 Å². The molecule has 1 aliphatic carbocycles. The van der Waals surface area contributed by atoms with Crippen LogP contribution in [0.3, 0.4) is 0 Å². The predicted octanol–water partition coefficient (Wildman–Crippen LogP) is 0.841. The van der Waals surface area contributed by atoms with Crippen LogP contribution in [0.2, 0.25) is 0 Å². The van der Waals surface area contributed by atoms with Crippen molar-refractivity contribution in [2.24, 2.45) is 11.8 Å². The van der Waals surface area contributed by atoms with Gasteiger partial charge in [-0.25, -0.2) is 4.39 Å². The van der Waals surface area contributed by atoms with Crippen LogP contribution in [-0.4, -0.2) is 60.0 Å². The Hall–Kier alpha value is -1.17. The molecule has 0 bridgehead atoms. The molecule has 5 nitrogen and oxygen atoms in total. The molecule has 2 rings (SSSR count). The summed E-state index contributed by atoms with van der Waals surface area (Å²) in [5.74, 6) is 0.772. The number of likely N-dealkylation sites (tertiary alicyclic amines) is 1. The lowest BCUT2D eigenvalue weighted by Crippen LogP contribution is -2.71. The number of rotatable bonds is 4. The lowest BCUT2D eigenvalue weighted by molar-refractivity contribution is -0.420. The molecule has 3 N–H and O–H groups in total. The maximum atomic E-state index is 13.3. The summed E-state index contributed by atoms with van der Waals surface area (Å²) in [5.41, 5.74) is 4.09. The van der Waals surface area contributed by atoms with E-state index < -0.39 is 6.17 Å². The van der Waals surface area contributed by atoms with Gasteiger partial charge in [0.1, 0.15) is 6.17 Å². The highest BCUT2D eigenvalue weighted by Crippen LogP contribution is 2.33. The van der Waals surface area contributed by atoms with Crippen molar-refractivity contribution in [2.75, 3.05) is 20.1 Å². The molecule has 1 aliphatic heterocycles. The van der Waals surface area contributed by atoms with Gasteiger partial charge in [-0.2, -0.15) is 0 Å². The average Bonchev–Trinajstić information content (AvgIpc) is 2.98. The summed E-state index contributed by atoms with van der Waals surface area (Å²) in [6.45, 7) is 4.45. The van der Waals surface area contributed by atoms with Crippen LogP contribution in [0.25, 0.3) is 0 Å². The summed E-state index contributed by atoms with van der Waals surface area (Å²) in [6, 6.07) is 0.0215. The van der Waals surface area contributed by atoms with E-state index in [1.54, 1.807) is 11.8 Å². The van der Waals surface area contributed by atoms with E-state index in [0.29, 0.717) is 24.9 Å². The zero-order chi connectivity index (χ0) is 17.1. The Morgan fingerprint density at radius 2 is 1.83 bits per heavy atom. The van der Waals surface area contributed by atoms with Gasteiger partial charge in [-0.05, 0) is 38.0 Å². The van der Waals surface area contributed by atoms with E-state index in [9.17, 15) is 14.0 Å². The molecule has 2 amide bonds. The van der Waals surface area contributed by atoms with Crippen molar-refractivity contribution in [3.05, 3.63) is 0 Å². The summed E-state index contributed by atoms with van der Waals surface area (Å²) < 4.78 is 13.3. The molecule has 0 aromatic rings. The van der Waals surface area contributed by atoms with Crippen molar-refractivity contribution < 1.29 is 19.7 Å². The average molecular weight is 328 g/mol. The van der Waals surface area contributed by atoms with E-state index in [1.807, 2.05) is 11.9 Å². The Morgan fingerprint density at radius 1 is 1.22 bits per heavy atom. The number of amides is 2. The third-order valence-electron chi connectivity index (χ3n) is 5.92.